The van der Waals surface area contributed by atoms with E-state index in [0.717, 1.165) is 20.6 Å². The Balaban J connectivity index is 1.63. The van der Waals surface area contributed by atoms with Crippen LogP contribution in [-0.4, -0.2) is 38.8 Å². The second-order valence-corrected chi connectivity index (χ2v) is 11.8. The van der Waals surface area contributed by atoms with Gasteiger partial charge in [0.2, 0.25) is 0 Å². The molecule has 174 valence electrons. The third kappa shape index (κ3) is 4.97. The molecule has 4 rings (SSSR count). The van der Waals surface area contributed by atoms with Crippen LogP contribution in [0.1, 0.15) is 30.4 Å². The zero-order valence-electron chi connectivity index (χ0n) is 17.9. The van der Waals surface area contributed by atoms with Gasteiger partial charge in [0.05, 0.1) is 18.6 Å². The first-order valence-corrected chi connectivity index (χ1v) is 14.2. The third-order valence-corrected chi connectivity index (χ3v) is 7.58. The van der Waals surface area contributed by atoms with E-state index in [0.29, 0.717) is 47.1 Å². The second kappa shape index (κ2) is 9.61. The van der Waals surface area contributed by atoms with Crippen LogP contribution in [0.3, 0.4) is 0 Å². The van der Waals surface area contributed by atoms with E-state index in [4.69, 9.17) is 4.18 Å². The largest absolute Gasteiger partial charge is 0.372 e. The monoisotopic (exact) mass is 643 g/mol. The quantitative estimate of drug-likeness (QED) is 0.214. The van der Waals surface area contributed by atoms with Crippen LogP contribution in [0, 0.1) is 3.57 Å². The fourth-order valence-electron chi connectivity index (χ4n) is 4.21. The smallest absolute Gasteiger partial charge is 0.268 e. The zero-order valence-corrected chi connectivity index (χ0v) is 22.5. The number of rotatable bonds is 8. The van der Waals surface area contributed by atoms with Gasteiger partial charge in [-0.2, -0.15) is 8.42 Å². The van der Waals surface area contributed by atoms with Gasteiger partial charge in [0.25, 0.3) is 16.0 Å². The zero-order chi connectivity index (χ0) is 23.8. The van der Waals surface area contributed by atoms with Crippen LogP contribution in [0.15, 0.2) is 59.1 Å². The topological polar surface area (TPSA) is 83.9 Å². The molecule has 3 aromatic carbocycles. The van der Waals surface area contributed by atoms with E-state index < -0.39 is 15.7 Å². The molecule has 1 amide bonds. The molecule has 1 unspecified atom stereocenters. The number of aliphatic hydroxyl groups is 1. The van der Waals surface area contributed by atoms with Crippen molar-refractivity contribution in [2.24, 2.45) is 0 Å². The molecule has 0 bridgehead atoms. The standard InChI is InChI=1S/C24H23BrINO5S/c1-33(30,31)32-12-6-2-5-11-27-21-15-19(26)14-20(25)22(21)24(29,23(27)28)18-10-9-16-7-3-4-8-17(16)13-18/h3-4,7-10,13-15,29H,2,5-6,11-12H2,1H3. The molecular formula is C24H23BrINO5S. The van der Waals surface area contributed by atoms with Crippen molar-refractivity contribution in [2.45, 2.75) is 24.9 Å². The first-order valence-electron chi connectivity index (χ1n) is 10.5. The number of anilines is 1. The molecule has 0 saturated heterocycles. The molecule has 1 N–H and O–H groups in total. The highest BCUT2D eigenvalue weighted by Gasteiger charge is 2.52. The van der Waals surface area contributed by atoms with Crippen LogP contribution >= 0.6 is 38.5 Å². The van der Waals surface area contributed by atoms with Gasteiger partial charge in [-0.05, 0) is 76.4 Å². The minimum absolute atomic E-state index is 0.119. The molecule has 0 aromatic heterocycles. The predicted octanol–water partition coefficient (Wildman–Crippen LogP) is 4.94. The molecule has 1 atom stereocenters. The number of unbranched alkanes of at least 4 members (excludes halogenated alkanes) is 2. The highest BCUT2D eigenvalue weighted by atomic mass is 127. The average molecular weight is 644 g/mol. The summed E-state index contributed by atoms with van der Waals surface area (Å²) in [6.45, 7) is 0.529. The van der Waals surface area contributed by atoms with Gasteiger partial charge in [-0.15, -0.1) is 0 Å². The van der Waals surface area contributed by atoms with Crippen molar-refractivity contribution in [1.82, 2.24) is 0 Å². The first kappa shape index (κ1) is 24.6. The van der Waals surface area contributed by atoms with Crippen molar-refractivity contribution >= 4 is 71.0 Å². The van der Waals surface area contributed by atoms with Crippen molar-refractivity contribution < 1.29 is 22.5 Å². The summed E-state index contributed by atoms with van der Waals surface area (Å²) < 4.78 is 28.6. The van der Waals surface area contributed by atoms with Crippen LogP contribution in [0.4, 0.5) is 5.69 Å². The number of fused-ring (bicyclic) bond motifs is 2. The van der Waals surface area contributed by atoms with E-state index in [-0.39, 0.29) is 12.5 Å². The molecule has 0 saturated carbocycles. The molecule has 1 aliphatic heterocycles. The van der Waals surface area contributed by atoms with Crippen molar-refractivity contribution in [1.29, 1.82) is 0 Å². The van der Waals surface area contributed by atoms with E-state index in [9.17, 15) is 18.3 Å². The number of hydrogen-bond acceptors (Lipinski definition) is 5. The first-order chi connectivity index (χ1) is 15.6. The number of amides is 1. The molecule has 0 radical (unpaired) electrons. The summed E-state index contributed by atoms with van der Waals surface area (Å²) >= 11 is 5.77. The van der Waals surface area contributed by atoms with E-state index in [1.54, 1.807) is 11.0 Å². The minimum Gasteiger partial charge on any atom is -0.372 e. The summed E-state index contributed by atoms with van der Waals surface area (Å²) in [6.07, 6.45) is 2.93. The average Bonchev–Trinajstić information content (AvgIpc) is 2.97. The molecule has 0 aliphatic carbocycles. The van der Waals surface area contributed by atoms with Crippen LogP contribution in [0.5, 0.6) is 0 Å². The van der Waals surface area contributed by atoms with E-state index >= 15 is 0 Å². The third-order valence-electron chi connectivity index (χ3n) is 5.73. The van der Waals surface area contributed by atoms with Gasteiger partial charge in [-0.25, -0.2) is 0 Å². The molecule has 1 heterocycles. The molecule has 0 fully saturated rings. The normalized spacial score (nSPS) is 18.2. The van der Waals surface area contributed by atoms with E-state index in [1.807, 2.05) is 48.5 Å². The van der Waals surface area contributed by atoms with Crippen molar-refractivity contribution in [2.75, 3.05) is 24.3 Å². The summed E-state index contributed by atoms with van der Waals surface area (Å²) in [6, 6.07) is 17.2. The maximum atomic E-state index is 13.7. The predicted molar refractivity (Wildman–Crippen MR) is 141 cm³/mol. The summed E-state index contributed by atoms with van der Waals surface area (Å²) in [5, 5.41) is 13.9. The minimum atomic E-state index is -3.45. The SMILES string of the molecule is CS(=O)(=O)OCCCCCN1C(=O)C(O)(c2ccc3ccccc3c2)c2c(Br)cc(I)cc21. The highest BCUT2D eigenvalue weighted by Crippen LogP contribution is 2.49. The molecule has 9 heteroatoms. The Labute approximate surface area is 215 Å². The lowest BCUT2D eigenvalue weighted by Crippen LogP contribution is -2.41. The Bertz CT molecular complexity index is 1330. The molecule has 6 nitrogen and oxygen atoms in total. The van der Waals surface area contributed by atoms with Gasteiger partial charge in [0, 0.05) is 20.2 Å². The number of nitrogens with zero attached hydrogens (tertiary/aromatic N) is 1. The maximum absolute atomic E-state index is 13.7. The molecule has 3 aromatic rings. The maximum Gasteiger partial charge on any atom is 0.268 e. The van der Waals surface area contributed by atoms with Crippen LogP contribution in [-0.2, 0) is 24.7 Å². The summed E-state index contributed by atoms with van der Waals surface area (Å²) in [4.78, 5) is 15.3. The van der Waals surface area contributed by atoms with Crippen molar-refractivity contribution in [3.63, 3.8) is 0 Å². The van der Waals surface area contributed by atoms with E-state index in [2.05, 4.69) is 38.5 Å². The Kier molecular flexibility index (Phi) is 7.16. The Morgan fingerprint density at radius 3 is 2.52 bits per heavy atom. The van der Waals surface area contributed by atoms with Gasteiger partial charge in [-0.3, -0.25) is 8.98 Å². The molecule has 33 heavy (non-hydrogen) atoms. The van der Waals surface area contributed by atoms with E-state index in [1.165, 1.54) is 0 Å². The Hall–Kier alpha value is -1.53. The number of carbonyl (C=O) groups excluding carboxylic acids is 1. The van der Waals surface area contributed by atoms with Gasteiger partial charge in [-0.1, -0.05) is 52.3 Å². The molecule has 1 aliphatic rings. The van der Waals surface area contributed by atoms with Gasteiger partial charge in [0.1, 0.15) is 0 Å². The van der Waals surface area contributed by atoms with Crippen LogP contribution in [0.2, 0.25) is 0 Å². The van der Waals surface area contributed by atoms with Gasteiger partial charge < -0.3 is 10.0 Å². The van der Waals surface area contributed by atoms with Crippen LogP contribution < -0.4 is 4.90 Å². The van der Waals surface area contributed by atoms with Gasteiger partial charge in [0.15, 0.2) is 5.60 Å². The highest BCUT2D eigenvalue weighted by molar-refractivity contribution is 14.1. The summed E-state index contributed by atoms with van der Waals surface area (Å²) in [5.74, 6) is -0.386. The lowest BCUT2D eigenvalue weighted by molar-refractivity contribution is -0.132. The number of carbonyl (C=O) groups is 1. The number of hydrogen-bond donors (Lipinski definition) is 1. The summed E-state index contributed by atoms with van der Waals surface area (Å²) in [7, 11) is -3.45. The second-order valence-electron chi connectivity index (χ2n) is 8.10. The van der Waals surface area contributed by atoms with Gasteiger partial charge >= 0.3 is 0 Å². The summed E-state index contributed by atoms with van der Waals surface area (Å²) in [5.41, 5.74) is -0.0501. The lowest BCUT2D eigenvalue weighted by atomic mass is 9.86. The Morgan fingerprint density at radius 1 is 1.06 bits per heavy atom. The number of benzene rings is 3. The Morgan fingerprint density at radius 2 is 1.79 bits per heavy atom. The van der Waals surface area contributed by atoms with Crippen molar-refractivity contribution in [3.05, 3.63) is 73.8 Å². The lowest BCUT2D eigenvalue weighted by Gasteiger charge is -2.24. The number of halogens is 2. The fraction of sp³-hybridized carbons (Fsp3) is 0.292. The van der Waals surface area contributed by atoms with Crippen molar-refractivity contribution in [3.8, 4) is 0 Å². The molecular weight excluding hydrogens is 621 g/mol. The molecule has 0 spiro atoms. The van der Waals surface area contributed by atoms with Crippen LogP contribution in [0.25, 0.3) is 10.8 Å². The fourth-order valence-corrected chi connectivity index (χ4v) is 6.40.